The Labute approximate surface area is 83.7 Å². The van der Waals surface area contributed by atoms with E-state index in [2.05, 4.69) is 15.9 Å². The predicted molar refractivity (Wildman–Crippen MR) is 53.8 cm³/mol. The molecule has 12 heavy (non-hydrogen) atoms. The number of Topliss-reactive ketones (excluding diaryl/α,β-unsaturated/α-hetero) is 1. The van der Waals surface area contributed by atoms with E-state index < -0.39 is 0 Å². The van der Waals surface area contributed by atoms with Gasteiger partial charge in [0, 0.05) is 27.1 Å². The van der Waals surface area contributed by atoms with Gasteiger partial charge < -0.3 is 0 Å². The molecule has 1 heterocycles. The minimum absolute atomic E-state index is 0.260. The van der Waals surface area contributed by atoms with Crippen molar-refractivity contribution in [3.63, 3.8) is 0 Å². The number of hydrogen-bond donors (Lipinski definition) is 0. The molecule has 0 atom stereocenters. The van der Waals surface area contributed by atoms with Crippen molar-refractivity contribution in [3.8, 4) is 0 Å². The molecule has 0 spiro atoms. The highest BCUT2D eigenvalue weighted by molar-refractivity contribution is 9.10. The summed E-state index contributed by atoms with van der Waals surface area (Å²) >= 11 is 5.14. The molecule has 1 aliphatic rings. The summed E-state index contributed by atoms with van der Waals surface area (Å²) in [6, 6.07) is 5.89. The summed E-state index contributed by atoms with van der Waals surface area (Å²) in [6.07, 6.45) is 0.667. The van der Waals surface area contributed by atoms with Gasteiger partial charge in [-0.2, -0.15) is 0 Å². The van der Waals surface area contributed by atoms with E-state index in [1.54, 1.807) is 11.8 Å². The number of carbonyl (C=O) groups is 1. The minimum Gasteiger partial charge on any atom is -0.294 e. The fourth-order valence-electron chi connectivity index (χ4n) is 1.27. The Morgan fingerprint density at radius 1 is 1.42 bits per heavy atom. The molecule has 0 saturated carbocycles. The van der Waals surface area contributed by atoms with Crippen LogP contribution in [0.25, 0.3) is 0 Å². The molecule has 0 unspecified atom stereocenters. The van der Waals surface area contributed by atoms with Gasteiger partial charge in [0.15, 0.2) is 5.78 Å². The van der Waals surface area contributed by atoms with Crippen LogP contribution in [0.4, 0.5) is 0 Å². The third kappa shape index (κ3) is 1.31. The van der Waals surface area contributed by atoms with Crippen molar-refractivity contribution in [3.05, 3.63) is 28.2 Å². The third-order valence-corrected chi connectivity index (χ3v) is 3.56. The molecular formula is C9H7BrOS. The molecule has 1 aromatic carbocycles. The summed E-state index contributed by atoms with van der Waals surface area (Å²) in [4.78, 5) is 12.6. The van der Waals surface area contributed by atoms with Gasteiger partial charge in [-0.05, 0) is 12.1 Å². The van der Waals surface area contributed by atoms with Crippen LogP contribution in [0.1, 0.15) is 16.8 Å². The number of carbonyl (C=O) groups excluding carboxylic acids is 1. The number of benzene rings is 1. The largest absolute Gasteiger partial charge is 0.294 e. The topological polar surface area (TPSA) is 17.1 Å². The summed E-state index contributed by atoms with van der Waals surface area (Å²) < 4.78 is 0.928. The van der Waals surface area contributed by atoms with E-state index in [4.69, 9.17) is 0 Å². The van der Waals surface area contributed by atoms with E-state index in [0.717, 1.165) is 20.7 Å². The monoisotopic (exact) mass is 242 g/mol. The van der Waals surface area contributed by atoms with Gasteiger partial charge in [0.2, 0.25) is 0 Å². The van der Waals surface area contributed by atoms with E-state index in [1.165, 1.54) is 0 Å². The van der Waals surface area contributed by atoms with Gasteiger partial charge in [-0.15, -0.1) is 11.8 Å². The van der Waals surface area contributed by atoms with Crippen LogP contribution in [0.2, 0.25) is 0 Å². The zero-order valence-electron chi connectivity index (χ0n) is 6.34. The maximum atomic E-state index is 11.5. The molecule has 0 aromatic heterocycles. The molecule has 2 rings (SSSR count). The van der Waals surface area contributed by atoms with E-state index in [0.29, 0.717) is 6.42 Å². The van der Waals surface area contributed by atoms with E-state index in [-0.39, 0.29) is 5.78 Å². The highest BCUT2D eigenvalue weighted by Crippen LogP contribution is 2.34. The van der Waals surface area contributed by atoms with Crippen LogP contribution < -0.4 is 0 Å². The fraction of sp³-hybridized carbons (Fsp3) is 0.222. The fourth-order valence-corrected chi connectivity index (χ4v) is 3.04. The normalized spacial score (nSPS) is 15.9. The zero-order valence-corrected chi connectivity index (χ0v) is 8.74. The smallest absolute Gasteiger partial charge is 0.165 e. The number of rotatable bonds is 0. The van der Waals surface area contributed by atoms with Gasteiger partial charge in [0.05, 0.1) is 0 Å². The lowest BCUT2D eigenvalue weighted by Gasteiger charge is -2.14. The lowest BCUT2D eigenvalue weighted by Crippen LogP contribution is -2.08. The van der Waals surface area contributed by atoms with Crippen LogP contribution in [0.5, 0.6) is 0 Å². The molecular weight excluding hydrogens is 236 g/mol. The van der Waals surface area contributed by atoms with Crippen molar-refractivity contribution in [2.75, 3.05) is 5.75 Å². The molecule has 0 saturated heterocycles. The van der Waals surface area contributed by atoms with Crippen molar-refractivity contribution >= 4 is 33.5 Å². The molecule has 0 radical (unpaired) electrons. The minimum atomic E-state index is 0.260. The molecule has 0 bridgehead atoms. The van der Waals surface area contributed by atoms with Crippen LogP contribution in [-0.2, 0) is 0 Å². The molecule has 0 aliphatic carbocycles. The van der Waals surface area contributed by atoms with Crippen LogP contribution in [-0.4, -0.2) is 11.5 Å². The number of ketones is 1. The predicted octanol–water partition coefficient (Wildman–Crippen LogP) is 3.13. The lowest BCUT2D eigenvalue weighted by atomic mass is 10.1. The van der Waals surface area contributed by atoms with Gasteiger partial charge in [0.25, 0.3) is 0 Å². The molecule has 0 fully saturated rings. The second kappa shape index (κ2) is 3.23. The van der Waals surface area contributed by atoms with Crippen molar-refractivity contribution in [2.24, 2.45) is 0 Å². The first-order valence-electron chi connectivity index (χ1n) is 3.73. The Kier molecular flexibility index (Phi) is 2.24. The second-order valence-electron chi connectivity index (χ2n) is 2.63. The molecule has 1 aromatic rings. The van der Waals surface area contributed by atoms with E-state index >= 15 is 0 Å². The maximum absolute atomic E-state index is 11.5. The summed E-state index contributed by atoms with van der Waals surface area (Å²) in [5.74, 6) is 1.18. The zero-order chi connectivity index (χ0) is 8.55. The summed E-state index contributed by atoms with van der Waals surface area (Å²) in [6.45, 7) is 0. The standard InChI is InChI=1S/C9H7BrOS/c10-6-2-1-3-8-9(6)7(11)4-5-12-8/h1-3H,4-5H2. The highest BCUT2D eigenvalue weighted by atomic mass is 79.9. The quantitative estimate of drug-likeness (QED) is 0.696. The number of halogens is 1. The molecule has 62 valence electrons. The Balaban J connectivity index is 2.60. The number of thioether (sulfide) groups is 1. The maximum Gasteiger partial charge on any atom is 0.165 e. The Morgan fingerprint density at radius 3 is 3.00 bits per heavy atom. The molecule has 0 amide bonds. The van der Waals surface area contributed by atoms with E-state index in [9.17, 15) is 4.79 Å². The van der Waals surface area contributed by atoms with Gasteiger partial charge in [0.1, 0.15) is 0 Å². The van der Waals surface area contributed by atoms with Gasteiger partial charge in [-0.3, -0.25) is 4.79 Å². The average molecular weight is 243 g/mol. The summed E-state index contributed by atoms with van der Waals surface area (Å²) in [7, 11) is 0. The summed E-state index contributed by atoms with van der Waals surface area (Å²) in [5.41, 5.74) is 0.869. The second-order valence-corrected chi connectivity index (χ2v) is 4.63. The lowest BCUT2D eigenvalue weighted by molar-refractivity contribution is 0.0984. The van der Waals surface area contributed by atoms with Crippen LogP contribution in [0.15, 0.2) is 27.6 Å². The highest BCUT2D eigenvalue weighted by Gasteiger charge is 2.19. The van der Waals surface area contributed by atoms with Gasteiger partial charge in [-0.25, -0.2) is 0 Å². The molecule has 1 aliphatic heterocycles. The van der Waals surface area contributed by atoms with Crippen LogP contribution in [0.3, 0.4) is 0 Å². The first-order chi connectivity index (χ1) is 5.79. The molecule has 0 N–H and O–H groups in total. The van der Waals surface area contributed by atoms with E-state index in [1.807, 2.05) is 18.2 Å². The number of fused-ring (bicyclic) bond motifs is 1. The van der Waals surface area contributed by atoms with Crippen LogP contribution in [0, 0.1) is 0 Å². The summed E-state index contributed by atoms with van der Waals surface area (Å²) in [5, 5.41) is 0. The van der Waals surface area contributed by atoms with Crippen molar-refractivity contribution in [1.29, 1.82) is 0 Å². The molecule has 3 heteroatoms. The Hall–Kier alpha value is -0.280. The van der Waals surface area contributed by atoms with Gasteiger partial charge >= 0.3 is 0 Å². The van der Waals surface area contributed by atoms with Crippen molar-refractivity contribution in [1.82, 2.24) is 0 Å². The third-order valence-electron chi connectivity index (χ3n) is 1.84. The SMILES string of the molecule is O=C1CCSc2cccc(Br)c21. The first kappa shape index (κ1) is 8.32. The molecule has 1 nitrogen and oxygen atoms in total. The first-order valence-corrected chi connectivity index (χ1v) is 5.51. The van der Waals surface area contributed by atoms with Crippen molar-refractivity contribution in [2.45, 2.75) is 11.3 Å². The Bertz CT molecular complexity index is 335. The van der Waals surface area contributed by atoms with Crippen LogP contribution >= 0.6 is 27.7 Å². The van der Waals surface area contributed by atoms with Crippen molar-refractivity contribution < 1.29 is 4.79 Å². The number of hydrogen-bond acceptors (Lipinski definition) is 2. The average Bonchev–Trinajstić information content (AvgIpc) is 2.04. The van der Waals surface area contributed by atoms with Gasteiger partial charge in [-0.1, -0.05) is 22.0 Å². The Morgan fingerprint density at radius 2 is 2.25 bits per heavy atom.